The van der Waals surface area contributed by atoms with Crippen LogP contribution in [0, 0.1) is 5.82 Å². The SMILES string of the molecule is CC(C)(C)c1ccc(C(=O)NNC(=O)COc2ccc(F)cc2Br)cc1. The highest BCUT2D eigenvalue weighted by Crippen LogP contribution is 2.25. The molecule has 2 N–H and O–H groups in total. The maximum atomic E-state index is 13.0. The molecule has 0 fully saturated rings. The standard InChI is InChI=1S/C19H20BrFN2O3/c1-19(2,3)13-6-4-12(5-7-13)18(25)23-22-17(24)11-26-16-9-8-14(21)10-15(16)20/h4-10H,11H2,1-3H3,(H,22,24)(H,23,25). The Morgan fingerprint density at radius 3 is 2.31 bits per heavy atom. The highest BCUT2D eigenvalue weighted by molar-refractivity contribution is 9.10. The van der Waals surface area contributed by atoms with Crippen molar-refractivity contribution in [2.75, 3.05) is 6.61 Å². The zero-order chi connectivity index (χ0) is 19.3. The fourth-order valence-electron chi connectivity index (χ4n) is 2.09. The molecule has 2 aromatic rings. The van der Waals surface area contributed by atoms with Crippen molar-refractivity contribution in [1.29, 1.82) is 0 Å². The first-order chi connectivity index (χ1) is 12.2. The van der Waals surface area contributed by atoms with Gasteiger partial charge in [0.2, 0.25) is 0 Å². The van der Waals surface area contributed by atoms with Gasteiger partial charge in [0.25, 0.3) is 11.8 Å². The van der Waals surface area contributed by atoms with Crippen LogP contribution in [0.15, 0.2) is 46.9 Å². The molecule has 0 bridgehead atoms. The normalized spacial score (nSPS) is 11.0. The molecule has 0 radical (unpaired) electrons. The number of rotatable bonds is 4. The molecule has 0 heterocycles. The van der Waals surface area contributed by atoms with Crippen LogP contribution in [0.3, 0.4) is 0 Å². The first-order valence-electron chi connectivity index (χ1n) is 7.94. The number of carbonyl (C=O) groups excluding carboxylic acids is 2. The van der Waals surface area contributed by atoms with Gasteiger partial charge in [0, 0.05) is 5.56 Å². The number of ether oxygens (including phenoxy) is 1. The van der Waals surface area contributed by atoms with Crippen LogP contribution in [-0.4, -0.2) is 18.4 Å². The monoisotopic (exact) mass is 422 g/mol. The van der Waals surface area contributed by atoms with Gasteiger partial charge in [0.15, 0.2) is 6.61 Å². The van der Waals surface area contributed by atoms with Crippen LogP contribution in [-0.2, 0) is 10.2 Å². The first-order valence-corrected chi connectivity index (χ1v) is 8.73. The van der Waals surface area contributed by atoms with Gasteiger partial charge in [-0.15, -0.1) is 0 Å². The molecule has 0 saturated heterocycles. The summed E-state index contributed by atoms with van der Waals surface area (Å²) in [5.41, 5.74) is 6.13. The van der Waals surface area contributed by atoms with E-state index in [2.05, 4.69) is 47.6 Å². The second kappa shape index (κ2) is 8.31. The van der Waals surface area contributed by atoms with Gasteiger partial charge in [-0.2, -0.15) is 0 Å². The molecule has 0 aliphatic rings. The van der Waals surface area contributed by atoms with E-state index in [1.165, 1.54) is 18.2 Å². The molecular weight excluding hydrogens is 403 g/mol. The van der Waals surface area contributed by atoms with Crippen LogP contribution in [0.1, 0.15) is 36.7 Å². The Labute approximate surface area is 160 Å². The second-order valence-corrected chi connectivity index (χ2v) is 7.55. The van der Waals surface area contributed by atoms with Gasteiger partial charge < -0.3 is 4.74 Å². The Kier molecular flexibility index (Phi) is 6.37. The fraction of sp³-hybridized carbons (Fsp3) is 0.263. The van der Waals surface area contributed by atoms with Gasteiger partial charge in [-0.1, -0.05) is 32.9 Å². The molecule has 0 aromatic heterocycles. The average Bonchev–Trinajstić information content (AvgIpc) is 2.58. The topological polar surface area (TPSA) is 67.4 Å². The summed E-state index contributed by atoms with van der Waals surface area (Å²) in [6.45, 7) is 5.93. The molecule has 0 aliphatic carbocycles. The molecule has 2 rings (SSSR count). The van der Waals surface area contributed by atoms with Crippen LogP contribution in [0.4, 0.5) is 4.39 Å². The lowest BCUT2D eigenvalue weighted by Gasteiger charge is -2.19. The van der Waals surface area contributed by atoms with Crippen molar-refractivity contribution in [3.8, 4) is 5.75 Å². The predicted molar refractivity (Wildman–Crippen MR) is 100 cm³/mol. The molecule has 0 aliphatic heterocycles. The minimum Gasteiger partial charge on any atom is -0.483 e. The van der Waals surface area contributed by atoms with Crippen molar-refractivity contribution in [2.45, 2.75) is 26.2 Å². The lowest BCUT2D eigenvalue weighted by molar-refractivity contribution is -0.123. The van der Waals surface area contributed by atoms with Crippen LogP contribution < -0.4 is 15.6 Å². The highest BCUT2D eigenvalue weighted by Gasteiger charge is 2.14. The van der Waals surface area contributed by atoms with Gasteiger partial charge in [-0.05, 0) is 57.2 Å². The summed E-state index contributed by atoms with van der Waals surface area (Å²) in [6, 6.07) is 11.0. The van der Waals surface area contributed by atoms with E-state index >= 15 is 0 Å². The molecule has 26 heavy (non-hydrogen) atoms. The van der Waals surface area contributed by atoms with Crippen LogP contribution in [0.25, 0.3) is 0 Å². The highest BCUT2D eigenvalue weighted by atomic mass is 79.9. The van der Waals surface area contributed by atoms with Crippen LogP contribution >= 0.6 is 15.9 Å². The number of nitrogens with one attached hydrogen (secondary N) is 2. The van der Waals surface area contributed by atoms with Crippen molar-refractivity contribution in [3.05, 3.63) is 63.9 Å². The third-order valence-corrected chi connectivity index (χ3v) is 4.20. The molecule has 0 unspecified atom stereocenters. The van der Waals surface area contributed by atoms with Gasteiger partial charge in [-0.25, -0.2) is 4.39 Å². The Balaban J connectivity index is 1.84. The zero-order valence-corrected chi connectivity index (χ0v) is 16.3. The van der Waals surface area contributed by atoms with E-state index in [4.69, 9.17) is 4.74 Å². The van der Waals surface area contributed by atoms with Crippen molar-refractivity contribution in [1.82, 2.24) is 10.9 Å². The lowest BCUT2D eigenvalue weighted by Crippen LogP contribution is -2.43. The Bertz CT molecular complexity index is 801. The summed E-state index contributed by atoms with van der Waals surface area (Å²) >= 11 is 3.14. The predicted octanol–water partition coefficient (Wildman–Crippen LogP) is 3.73. The number of halogens is 2. The number of hydrogen-bond donors (Lipinski definition) is 2. The third kappa shape index (κ3) is 5.56. The molecule has 0 saturated carbocycles. The molecule has 7 heteroatoms. The minimum absolute atomic E-state index is 0.00477. The summed E-state index contributed by atoms with van der Waals surface area (Å²) in [4.78, 5) is 23.8. The average molecular weight is 423 g/mol. The van der Waals surface area contributed by atoms with E-state index in [9.17, 15) is 14.0 Å². The summed E-state index contributed by atoms with van der Waals surface area (Å²) < 4.78 is 18.7. The molecule has 0 atom stereocenters. The minimum atomic E-state index is -0.541. The number of benzene rings is 2. The number of amides is 2. The third-order valence-electron chi connectivity index (χ3n) is 3.58. The van der Waals surface area contributed by atoms with E-state index in [0.717, 1.165) is 5.56 Å². The molecular formula is C19H20BrFN2O3. The molecule has 5 nitrogen and oxygen atoms in total. The Morgan fingerprint density at radius 2 is 1.73 bits per heavy atom. The molecule has 138 valence electrons. The van der Waals surface area contributed by atoms with E-state index in [1.54, 1.807) is 12.1 Å². The first kappa shape index (κ1) is 19.9. The van der Waals surface area contributed by atoms with E-state index in [0.29, 0.717) is 15.8 Å². The summed E-state index contributed by atoms with van der Waals surface area (Å²) in [5.74, 6) is -1.06. The lowest BCUT2D eigenvalue weighted by atomic mass is 9.87. The molecule has 2 amide bonds. The van der Waals surface area contributed by atoms with Gasteiger partial charge in [0.05, 0.1) is 4.47 Å². The van der Waals surface area contributed by atoms with Crippen molar-refractivity contribution < 1.29 is 18.7 Å². The van der Waals surface area contributed by atoms with Crippen LogP contribution in [0.5, 0.6) is 5.75 Å². The van der Waals surface area contributed by atoms with E-state index < -0.39 is 17.6 Å². The smallest absolute Gasteiger partial charge is 0.276 e. The number of hydrogen-bond acceptors (Lipinski definition) is 3. The largest absolute Gasteiger partial charge is 0.483 e. The van der Waals surface area contributed by atoms with Crippen LogP contribution in [0.2, 0.25) is 0 Å². The van der Waals surface area contributed by atoms with Gasteiger partial charge in [0.1, 0.15) is 11.6 Å². The van der Waals surface area contributed by atoms with Gasteiger partial charge >= 0.3 is 0 Å². The summed E-state index contributed by atoms with van der Waals surface area (Å²) in [5, 5.41) is 0. The second-order valence-electron chi connectivity index (χ2n) is 6.69. The maximum Gasteiger partial charge on any atom is 0.276 e. The Hall–Kier alpha value is -2.41. The van der Waals surface area contributed by atoms with E-state index in [-0.39, 0.29) is 12.0 Å². The molecule has 2 aromatic carbocycles. The fourth-order valence-corrected chi connectivity index (χ4v) is 2.56. The van der Waals surface area contributed by atoms with E-state index in [1.807, 2.05) is 12.1 Å². The van der Waals surface area contributed by atoms with Gasteiger partial charge in [-0.3, -0.25) is 20.4 Å². The van der Waals surface area contributed by atoms with Crippen molar-refractivity contribution >= 4 is 27.7 Å². The quantitative estimate of drug-likeness (QED) is 0.737. The summed E-state index contributed by atoms with van der Waals surface area (Å²) in [7, 11) is 0. The van der Waals surface area contributed by atoms with Crippen molar-refractivity contribution in [3.63, 3.8) is 0 Å². The number of carbonyl (C=O) groups is 2. The maximum absolute atomic E-state index is 13.0. The summed E-state index contributed by atoms with van der Waals surface area (Å²) in [6.07, 6.45) is 0. The number of hydrazine groups is 1. The Morgan fingerprint density at radius 1 is 1.08 bits per heavy atom. The van der Waals surface area contributed by atoms with Crippen molar-refractivity contribution in [2.24, 2.45) is 0 Å². The zero-order valence-electron chi connectivity index (χ0n) is 14.7. The molecule has 0 spiro atoms.